The Kier molecular flexibility index (Phi) is 5.97. The van der Waals surface area contributed by atoms with Gasteiger partial charge in [-0.2, -0.15) is 17.9 Å². The molecule has 30 heavy (non-hydrogen) atoms. The van der Waals surface area contributed by atoms with Gasteiger partial charge >= 0.3 is 6.18 Å². The minimum Gasteiger partial charge on any atom is -0.619 e. The van der Waals surface area contributed by atoms with E-state index in [1.807, 2.05) is 0 Å². The van der Waals surface area contributed by atoms with E-state index in [1.54, 1.807) is 19.1 Å². The van der Waals surface area contributed by atoms with E-state index in [9.17, 15) is 26.8 Å². The first kappa shape index (κ1) is 21.6. The lowest BCUT2D eigenvalue weighted by atomic mass is 10.1. The third-order valence-electron chi connectivity index (χ3n) is 3.89. The Hall–Kier alpha value is -3.15. The molecule has 1 N–H and O–H groups in total. The molecule has 0 radical (unpaired) electrons. The molecule has 2 heterocycles. The number of hydrogen-bond donors (Lipinski definition) is 1. The van der Waals surface area contributed by atoms with Crippen LogP contribution in [0.5, 0.6) is 5.88 Å². The van der Waals surface area contributed by atoms with Crippen LogP contribution in [0.2, 0.25) is 0 Å². The molecule has 0 spiro atoms. The van der Waals surface area contributed by atoms with Crippen LogP contribution in [0.3, 0.4) is 0 Å². The van der Waals surface area contributed by atoms with Crippen LogP contribution < -0.4 is 14.2 Å². The molecule has 0 fully saturated rings. The molecule has 0 amide bonds. The van der Waals surface area contributed by atoms with E-state index in [2.05, 4.69) is 14.7 Å². The molecule has 0 aliphatic rings. The highest BCUT2D eigenvalue weighted by Gasteiger charge is 2.45. The van der Waals surface area contributed by atoms with E-state index in [-0.39, 0.29) is 27.9 Å². The van der Waals surface area contributed by atoms with Crippen LogP contribution in [0.1, 0.15) is 25.0 Å². The number of fused-ring (bicyclic) bond motifs is 1. The molecule has 2 aromatic heterocycles. The van der Waals surface area contributed by atoms with Crippen LogP contribution in [0.15, 0.2) is 48.8 Å². The number of ether oxygens (including phenoxy) is 1. The molecule has 8 nitrogen and oxygen atoms in total. The number of halogens is 3. The average Bonchev–Trinajstić information content (AvgIpc) is 2.64. The van der Waals surface area contributed by atoms with E-state index in [4.69, 9.17) is 4.74 Å². The number of aromatic nitrogens is 3. The van der Waals surface area contributed by atoms with E-state index < -0.39 is 39.6 Å². The maximum atomic E-state index is 13.7. The van der Waals surface area contributed by atoms with Crippen LogP contribution in [0.4, 0.5) is 19.0 Å². The van der Waals surface area contributed by atoms with Gasteiger partial charge in [0.15, 0.2) is 12.4 Å². The standard InChI is InChI=1S/C18H17F3N4O4S/c1-2-10-30(27,28)24-16-17(23-14-8-4-3-7-13(14)22-16)29-15(18(19,20)21)12-6-5-9-25(26)11-12/h3-9,11,15H,2,10H2,1H3,(H,22,24). The van der Waals surface area contributed by atoms with Crippen molar-refractivity contribution in [2.75, 3.05) is 10.5 Å². The molecule has 1 atom stereocenters. The van der Waals surface area contributed by atoms with Gasteiger partial charge in [-0.3, -0.25) is 4.72 Å². The highest BCUT2D eigenvalue weighted by Crippen LogP contribution is 2.38. The zero-order chi connectivity index (χ0) is 21.9. The molecule has 12 heteroatoms. The first-order valence-corrected chi connectivity index (χ1v) is 10.4. The number of pyridine rings is 1. The molecule has 0 saturated heterocycles. The molecule has 3 rings (SSSR count). The smallest absolute Gasteiger partial charge is 0.430 e. The highest BCUT2D eigenvalue weighted by molar-refractivity contribution is 7.92. The van der Waals surface area contributed by atoms with E-state index >= 15 is 0 Å². The van der Waals surface area contributed by atoms with Crippen LogP contribution >= 0.6 is 0 Å². The lowest BCUT2D eigenvalue weighted by molar-refractivity contribution is -0.606. The molecule has 0 aliphatic carbocycles. The number of hydrogen-bond acceptors (Lipinski definition) is 6. The number of nitrogens with one attached hydrogen (secondary N) is 1. The number of para-hydroxylation sites is 2. The molecule has 3 aromatic rings. The quantitative estimate of drug-likeness (QED) is 0.445. The Bertz CT molecular complexity index is 1160. The van der Waals surface area contributed by atoms with Gasteiger partial charge in [0.05, 0.1) is 22.3 Å². The summed E-state index contributed by atoms with van der Waals surface area (Å²) in [5.41, 5.74) is -0.00384. The molecule has 160 valence electrons. The second kappa shape index (κ2) is 8.30. The molecule has 0 aliphatic heterocycles. The van der Waals surface area contributed by atoms with Crippen LogP contribution in [-0.4, -0.2) is 30.3 Å². The van der Waals surface area contributed by atoms with Crippen molar-refractivity contribution in [2.24, 2.45) is 0 Å². The zero-order valence-electron chi connectivity index (χ0n) is 15.6. The van der Waals surface area contributed by atoms with Gasteiger partial charge in [-0.05, 0) is 24.6 Å². The Morgan fingerprint density at radius 2 is 1.83 bits per heavy atom. The zero-order valence-corrected chi connectivity index (χ0v) is 16.4. The fourth-order valence-corrected chi connectivity index (χ4v) is 3.73. The van der Waals surface area contributed by atoms with Crippen molar-refractivity contribution >= 4 is 26.9 Å². The average molecular weight is 442 g/mol. The van der Waals surface area contributed by atoms with Gasteiger partial charge in [0.2, 0.25) is 21.9 Å². The van der Waals surface area contributed by atoms with Crippen molar-refractivity contribution in [1.82, 2.24) is 9.97 Å². The van der Waals surface area contributed by atoms with E-state index in [1.165, 1.54) is 12.1 Å². The summed E-state index contributed by atoms with van der Waals surface area (Å²) in [7, 11) is -3.89. The van der Waals surface area contributed by atoms with Gasteiger partial charge in [0.25, 0.3) is 5.88 Å². The summed E-state index contributed by atoms with van der Waals surface area (Å²) in [6.07, 6.45) is -5.46. The van der Waals surface area contributed by atoms with Gasteiger partial charge in [0, 0.05) is 6.07 Å². The van der Waals surface area contributed by atoms with E-state index in [0.29, 0.717) is 6.20 Å². The summed E-state index contributed by atoms with van der Waals surface area (Å²) in [5, 5.41) is 11.4. The topological polar surface area (TPSA) is 108 Å². The van der Waals surface area contributed by atoms with Crippen LogP contribution in [0.25, 0.3) is 11.0 Å². The summed E-state index contributed by atoms with van der Waals surface area (Å²) in [5.74, 6) is -1.39. The fourth-order valence-electron chi connectivity index (χ4n) is 2.66. The third-order valence-corrected chi connectivity index (χ3v) is 5.34. The van der Waals surface area contributed by atoms with E-state index in [0.717, 1.165) is 18.3 Å². The normalized spacial score (nSPS) is 13.2. The minimum atomic E-state index is -4.92. The summed E-state index contributed by atoms with van der Waals surface area (Å²) >= 11 is 0. The second-order valence-corrected chi connectivity index (χ2v) is 8.17. The Morgan fingerprint density at radius 3 is 2.43 bits per heavy atom. The lowest BCUT2D eigenvalue weighted by Gasteiger charge is -2.22. The number of sulfonamides is 1. The molecule has 0 saturated carbocycles. The second-order valence-electron chi connectivity index (χ2n) is 6.32. The lowest BCUT2D eigenvalue weighted by Crippen LogP contribution is -2.31. The first-order chi connectivity index (χ1) is 14.1. The number of alkyl halides is 3. The predicted molar refractivity (Wildman–Crippen MR) is 102 cm³/mol. The molecular formula is C18H17F3N4O4S. The highest BCUT2D eigenvalue weighted by atomic mass is 32.2. The molecule has 0 bridgehead atoms. The van der Waals surface area contributed by atoms with Crippen molar-refractivity contribution < 1.29 is 31.1 Å². The van der Waals surface area contributed by atoms with Gasteiger partial charge in [-0.15, -0.1) is 0 Å². The maximum absolute atomic E-state index is 13.7. The van der Waals surface area contributed by atoms with Crippen molar-refractivity contribution in [3.63, 3.8) is 0 Å². The largest absolute Gasteiger partial charge is 0.619 e. The van der Waals surface area contributed by atoms with Gasteiger partial charge < -0.3 is 9.94 Å². The first-order valence-electron chi connectivity index (χ1n) is 8.78. The Balaban J connectivity index is 2.10. The van der Waals surface area contributed by atoms with Crippen molar-refractivity contribution in [3.05, 3.63) is 59.6 Å². The van der Waals surface area contributed by atoms with Crippen molar-refractivity contribution in [1.29, 1.82) is 0 Å². The Morgan fingerprint density at radius 1 is 1.17 bits per heavy atom. The maximum Gasteiger partial charge on any atom is 0.430 e. The van der Waals surface area contributed by atoms with Crippen LogP contribution in [-0.2, 0) is 10.0 Å². The van der Waals surface area contributed by atoms with Gasteiger partial charge in [-0.1, -0.05) is 19.1 Å². The van der Waals surface area contributed by atoms with Crippen molar-refractivity contribution in [3.8, 4) is 5.88 Å². The predicted octanol–water partition coefficient (Wildman–Crippen LogP) is 3.10. The number of anilines is 1. The van der Waals surface area contributed by atoms with Gasteiger partial charge in [0.1, 0.15) is 0 Å². The molecule has 1 unspecified atom stereocenters. The minimum absolute atomic E-state index is 0.203. The van der Waals surface area contributed by atoms with Gasteiger partial charge in [-0.25, -0.2) is 18.4 Å². The molecular weight excluding hydrogens is 425 g/mol. The third kappa shape index (κ3) is 5.06. The van der Waals surface area contributed by atoms with Crippen LogP contribution in [0, 0.1) is 5.21 Å². The summed E-state index contributed by atoms with van der Waals surface area (Å²) in [6, 6.07) is 8.46. The number of nitrogens with zero attached hydrogens (tertiary/aromatic N) is 3. The number of rotatable bonds is 7. The summed E-state index contributed by atoms with van der Waals surface area (Å²) < 4.78 is 72.9. The summed E-state index contributed by atoms with van der Waals surface area (Å²) in [4.78, 5) is 8.10. The number of benzene rings is 1. The monoisotopic (exact) mass is 442 g/mol. The molecule has 1 aromatic carbocycles. The summed E-state index contributed by atoms with van der Waals surface area (Å²) in [6.45, 7) is 1.63. The fraction of sp³-hybridized carbons (Fsp3) is 0.278. The Labute approximate surface area is 170 Å². The van der Waals surface area contributed by atoms with Crippen molar-refractivity contribution in [2.45, 2.75) is 25.6 Å². The SMILES string of the molecule is CCCS(=O)(=O)Nc1nc2ccccc2nc1OC(c1ccc[n+]([O-])c1)C(F)(F)F.